The Bertz CT molecular complexity index is 1140. The number of carbonyl (C=O) groups is 2. The molecule has 0 spiro atoms. The van der Waals surface area contributed by atoms with Gasteiger partial charge in [0.25, 0.3) is 5.91 Å². The molecule has 0 fully saturated rings. The first kappa shape index (κ1) is 16.8. The summed E-state index contributed by atoms with van der Waals surface area (Å²) in [6, 6.07) is 26.5. The molecule has 4 heteroatoms. The summed E-state index contributed by atoms with van der Waals surface area (Å²) >= 11 is 0. The molecule has 0 unspecified atom stereocenters. The summed E-state index contributed by atoms with van der Waals surface area (Å²) in [6.07, 6.45) is 0. The smallest absolute Gasteiger partial charge is 0.339 e. The van der Waals surface area contributed by atoms with E-state index in [0.29, 0.717) is 11.3 Å². The number of rotatable bonds is 4. The van der Waals surface area contributed by atoms with Crippen LogP contribution in [0, 0.1) is 0 Å². The number of hydrogen-bond donors (Lipinski definition) is 1. The Morgan fingerprint density at radius 3 is 2.07 bits per heavy atom. The van der Waals surface area contributed by atoms with Crippen LogP contribution in [0.1, 0.15) is 10.4 Å². The molecule has 1 amide bonds. The average molecular weight is 355 g/mol. The lowest BCUT2D eigenvalue weighted by Gasteiger charge is -2.10. The summed E-state index contributed by atoms with van der Waals surface area (Å²) in [6.45, 7) is -0.342. The van der Waals surface area contributed by atoms with Gasteiger partial charge in [0.2, 0.25) is 0 Å². The maximum atomic E-state index is 12.4. The molecular weight excluding hydrogens is 338 g/mol. The van der Waals surface area contributed by atoms with E-state index in [1.54, 1.807) is 12.1 Å². The molecule has 0 bridgehead atoms. The van der Waals surface area contributed by atoms with Gasteiger partial charge in [0.15, 0.2) is 6.61 Å². The Hall–Kier alpha value is -3.66. The Morgan fingerprint density at radius 1 is 0.704 bits per heavy atom. The number of esters is 1. The second-order valence-electron chi connectivity index (χ2n) is 6.18. The van der Waals surface area contributed by atoms with E-state index in [9.17, 15) is 9.59 Å². The van der Waals surface area contributed by atoms with Crippen LogP contribution in [0.5, 0.6) is 0 Å². The third kappa shape index (κ3) is 3.51. The molecule has 4 rings (SSSR count). The largest absolute Gasteiger partial charge is 0.452 e. The van der Waals surface area contributed by atoms with Gasteiger partial charge >= 0.3 is 5.97 Å². The molecule has 0 saturated carbocycles. The molecule has 4 aromatic carbocycles. The fourth-order valence-corrected chi connectivity index (χ4v) is 3.13. The monoisotopic (exact) mass is 355 g/mol. The molecule has 0 aliphatic rings. The summed E-state index contributed by atoms with van der Waals surface area (Å²) in [4.78, 5) is 24.7. The number of fused-ring (bicyclic) bond motifs is 2. The third-order valence-corrected chi connectivity index (χ3v) is 4.41. The SMILES string of the molecule is O=C(COC(=O)c1cccc2ccccc12)Nc1cccc2ccccc12. The molecule has 0 radical (unpaired) electrons. The highest BCUT2D eigenvalue weighted by atomic mass is 16.5. The van der Waals surface area contributed by atoms with E-state index in [1.807, 2.05) is 72.8 Å². The summed E-state index contributed by atoms with van der Waals surface area (Å²) in [5.74, 6) is -0.889. The van der Waals surface area contributed by atoms with E-state index in [2.05, 4.69) is 5.32 Å². The van der Waals surface area contributed by atoms with Gasteiger partial charge in [-0.05, 0) is 28.3 Å². The predicted molar refractivity (Wildman–Crippen MR) is 107 cm³/mol. The summed E-state index contributed by atoms with van der Waals surface area (Å²) in [5, 5.41) is 6.54. The molecule has 0 saturated heterocycles. The molecule has 0 heterocycles. The molecule has 4 aromatic rings. The number of carbonyl (C=O) groups excluding carboxylic acids is 2. The van der Waals surface area contributed by atoms with Crippen molar-refractivity contribution in [1.29, 1.82) is 0 Å². The van der Waals surface area contributed by atoms with Crippen molar-refractivity contribution in [2.24, 2.45) is 0 Å². The fourth-order valence-electron chi connectivity index (χ4n) is 3.13. The van der Waals surface area contributed by atoms with Gasteiger partial charge in [-0.25, -0.2) is 4.79 Å². The van der Waals surface area contributed by atoms with Crippen LogP contribution in [0.3, 0.4) is 0 Å². The first-order valence-corrected chi connectivity index (χ1v) is 8.65. The Morgan fingerprint density at radius 2 is 1.30 bits per heavy atom. The first-order valence-electron chi connectivity index (χ1n) is 8.65. The van der Waals surface area contributed by atoms with Crippen LogP contribution >= 0.6 is 0 Å². The summed E-state index contributed by atoms with van der Waals surface area (Å²) in [7, 11) is 0. The highest BCUT2D eigenvalue weighted by Crippen LogP contribution is 2.23. The van der Waals surface area contributed by atoms with E-state index in [4.69, 9.17) is 4.74 Å². The van der Waals surface area contributed by atoms with Crippen molar-refractivity contribution in [3.8, 4) is 0 Å². The zero-order valence-corrected chi connectivity index (χ0v) is 14.5. The number of hydrogen-bond acceptors (Lipinski definition) is 3. The normalized spacial score (nSPS) is 10.7. The van der Waals surface area contributed by atoms with E-state index < -0.39 is 5.97 Å². The quantitative estimate of drug-likeness (QED) is 0.536. The van der Waals surface area contributed by atoms with Crippen LogP contribution in [0.4, 0.5) is 5.69 Å². The number of anilines is 1. The van der Waals surface area contributed by atoms with Crippen LogP contribution in [0.2, 0.25) is 0 Å². The van der Waals surface area contributed by atoms with Crippen LogP contribution in [0.15, 0.2) is 84.9 Å². The predicted octanol–water partition coefficient (Wildman–Crippen LogP) is 4.79. The lowest BCUT2D eigenvalue weighted by Crippen LogP contribution is -2.21. The van der Waals surface area contributed by atoms with Crippen LogP contribution < -0.4 is 5.32 Å². The van der Waals surface area contributed by atoms with Crippen molar-refractivity contribution in [3.63, 3.8) is 0 Å². The highest BCUT2D eigenvalue weighted by Gasteiger charge is 2.13. The second-order valence-corrected chi connectivity index (χ2v) is 6.18. The molecule has 0 aliphatic heterocycles. The van der Waals surface area contributed by atoms with E-state index in [-0.39, 0.29) is 12.5 Å². The van der Waals surface area contributed by atoms with E-state index >= 15 is 0 Å². The molecule has 1 N–H and O–H groups in total. The topological polar surface area (TPSA) is 55.4 Å². The minimum atomic E-state index is -0.514. The molecule has 132 valence electrons. The molecule has 0 aliphatic carbocycles. The van der Waals surface area contributed by atoms with E-state index in [1.165, 1.54) is 0 Å². The fraction of sp³-hybridized carbons (Fsp3) is 0.0435. The van der Waals surface area contributed by atoms with Crippen molar-refractivity contribution in [1.82, 2.24) is 0 Å². The Labute approximate surface area is 156 Å². The summed E-state index contributed by atoms with van der Waals surface area (Å²) in [5.41, 5.74) is 1.14. The van der Waals surface area contributed by atoms with Crippen molar-refractivity contribution in [3.05, 3.63) is 90.5 Å². The van der Waals surface area contributed by atoms with Gasteiger partial charge in [-0.2, -0.15) is 0 Å². The maximum Gasteiger partial charge on any atom is 0.339 e. The number of nitrogens with one attached hydrogen (secondary N) is 1. The van der Waals surface area contributed by atoms with Crippen molar-refractivity contribution in [2.45, 2.75) is 0 Å². The zero-order chi connectivity index (χ0) is 18.6. The Kier molecular flexibility index (Phi) is 4.54. The minimum absolute atomic E-state index is 0.342. The van der Waals surface area contributed by atoms with Gasteiger partial charge in [0, 0.05) is 11.1 Å². The third-order valence-electron chi connectivity index (χ3n) is 4.41. The molecule has 0 atom stereocenters. The molecule has 4 nitrogen and oxygen atoms in total. The maximum absolute atomic E-state index is 12.4. The highest BCUT2D eigenvalue weighted by molar-refractivity contribution is 6.06. The standard InChI is InChI=1S/C23H17NO3/c25-22(24-21-14-6-10-17-8-2-4-12-19(17)21)15-27-23(26)20-13-5-9-16-7-1-3-11-18(16)20/h1-14H,15H2,(H,24,25). The average Bonchev–Trinajstić information content (AvgIpc) is 2.72. The van der Waals surface area contributed by atoms with Gasteiger partial charge in [-0.1, -0.05) is 72.8 Å². The number of benzene rings is 4. The lowest BCUT2D eigenvalue weighted by atomic mass is 10.1. The number of ether oxygens (including phenoxy) is 1. The number of amides is 1. The van der Waals surface area contributed by atoms with Crippen LogP contribution in [-0.2, 0) is 9.53 Å². The van der Waals surface area contributed by atoms with E-state index in [0.717, 1.165) is 21.5 Å². The molecular formula is C23H17NO3. The summed E-state index contributed by atoms with van der Waals surface area (Å²) < 4.78 is 5.23. The second kappa shape index (κ2) is 7.30. The van der Waals surface area contributed by atoms with Crippen molar-refractivity contribution >= 4 is 39.1 Å². The first-order chi connectivity index (χ1) is 13.2. The molecule has 27 heavy (non-hydrogen) atoms. The molecule has 0 aromatic heterocycles. The van der Waals surface area contributed by atoms with Gasteiger partial charge in [-0.15, -0.1) is 0 Å². The minimum Gasteiger partial charge on any atom is -0.452 e. The van der Waals surface area contributed by atoms with Crippen molar-refractivity contribution < 1.29 is 14.3 Å². The van der Waals surface area contributed by atoms with Gasteiger partial charge < -0.3 is 10.1 Å². The Balaban J connectivity index is 1.46. The van der Waals surface area contributed by atoms with Gasteiger partial charge in [0.05, 0.1) is 5.56 Å². The van der Waals surface area contributed by atoms with Crippen molar-refractivity contribution in [2.75, 3.05) is 11.9 Å². The van der Waals surface area contributed by atoms with Gasteiger partial charge in [0.1, 0.15) is 0 Å². The lowest BCUT2D eigenvalue weighted by molar-refractivity contribution is -0.119. The zero-order valence-electron chi connectivity index (χ0n) is 14.5. The van der Waals surface area contributed by atoms with Crippen LogP contribution in [-0.4, -0.2) is 18.5 Å². The van der Waals surface area contributed by atoms with Crippen LogP contribution in [0.25, 0.3) is 21.5 Å². The van der Waals surface area contributed by atoms with Gasteiger partial charge in [-0.3, -0.25) is 4.79 Å².